The van der Waals surface area contributed by atoms with Gasteiger partial charge < -0.3 is 10.5 Å². The third kappa shape index (κ3) is 3.59. The number of methoxy groups -OCH3 is 1. The summed E-state index contributed by atoms with van der Waals surface area (Å²) < 4.78 is 42.6. The number of carbonyl (C=O) groups is 1. The summed E-state index contributed by atoms with van der Waals surface area (Å²) in [5.41, 5.74) is 4.83. The fourth-order valence-corrected chi connectivity index (χ4v) is 2.53. The molecule has 100 valence electrons. The standard InChI is InChI=1S/C11H18F3NO2/c1-17-9(16)6-10(7-15)4-2-3-8(5-10)11(12,13)14/h8H,2-7,15H2,1H3. The highest BCUT2D eigenvalue weighted by molar-refractivity contribution is 5.70. The SMILES string of the molecule is COC(=O)CC1(CN)CCCC(C(F)(F)F)C1. The largest absolute Gasteiger partial charge is 0.469 e. The molecule has 0 aromatic carbocycles. The highest BCUT2D eigenvalue weighted by Crippen LogP contribution is 2.47. The van der Waals surface area contributed by atoms with Gasteiger partial charge in [0.15, 0.2) is 0 Å². The fraction of sp³-hybridized carbons (Fsp3) is 0.909. The molecule has 0 spiro atoms. The Morgan fingerprint density at radius 1 is 1.53 bits per heavy atom. The molecule has 1 fully saturated rings. The lowest BCUT2D eigenvalue weighted by Gasteiger charge is -2.40. The van der Waals surface area contributed by atoms with Crippen LogP contribution >= 0.6 is 0 Å². The van der Waals surface area contributed by atoms with Crippen LogP contribution in [-0.2, 0) is 9.53 Å². The maximum Gasteiger partial charge on any atom is 0.391 e. The highest BCUT2D eigenvalue weighted by Gasteiger charge is 2.47. The van der Waals surface area contributed by atoms with E-state index in [2.05, 4.69) is 4.74 Å². The number of halogens is 3. The van der Waals surface area contributed by atoms with Gasteiger partial charge in [0.1, 0.15) is 0 Å². The molecule has 0 aromatic heterocycles. The number of hydrogen-bond donors (Lipinski definition) is 1. The van der Waals surface area contributed by atoms with Crippen LogP contribution in [0.3, 0.4) is 0 Å². The topological polar surface area (TPSA) is 52.3 Å². The van der Waals surface area contributed by atoms with Crippen LogP contribution in [0.2, 0.25) is 0 Å². The second-order valence-corrected chi connectivity index (χ2v) is 4.79. The summed E-state index contributed by atoms with van der Waals surface area (Å²) >= 11 is 0. The van der Waals surface area contributed by atoms with Crippen LogP contribution in [0.25, 0.3) is 0 Å². The van der Waals surface area contributed by atoms with Gasteiger partial charge in [0.25, 0.3) is 0 Å². The lowest BCUT2D eigenvalue weighted by Crippen LogP contribution is -2.41. The van der Waals surface area contributed by atoms with Gasteiger partial charge in [-0.15, -0.1) is 0 Å². The molecule has 1 rings (SSSR count). The van der Waals surface area contributed by atoms with E-state index < -0.39 is 23.5 Å². The van der Waals surface area contributed by atoms with Crippen molar-refractivity contribution >= 4 is 5.97 Å². The van der Waals surface area contributed by atoms with Crippen LogP contribution in [0.4, 0.5) is 13.2 Å². The molecule has 1 aliphatic rings. The van der Waals surface area contributed by atoms with E-state index in [0.717, 1.165) is 0 Å². The Morgan fingerprint density at radius 2 is 2.18 bits per heavy atom. The third-order valence-electron chi connectivity index (χ3n) is 3.58. The molecule has 0 bridgehead atoms. The normalized spacial score (nSPS) is 30.1. The molecule has 0 amide bonds. The summed E-state index contributed by atoms with van der Waals surface area (Å²) in [6.07, 6.45) is -3.14. The minimum atomic E-state index is -4.20. The number of nitrogens with two attached hydrogens (primary N) is 1. The van der Waals surface area contributed by atoms with Gasteiger partial charge >= 0.3 is 12.1 Å². The van der Waals surface area contributed by atoms with E-state index in [9.17, 15) is 18.0 Å². The van der Waals surface area contributed by atoms with Crippen molar-refractivity contribution in [1.82, 2.24) is 0 Å². The van der Waals surface area contributed by atoms with Gasteiger partial charge in [-0.3, -0.25) is 4.79 Å². The van der Waals surface area contributed by atoms with Gasteiger partial charge in [0.05, 0.1) is 19.4 Å². The number of esters is 1. The fourth-order valence-electron chi connectivity index (χ4n) is 2.53. The monoisotopic (exact) mass is 253 g/mol. The van der Waals surface area contributed by atoms with Gasteiger partial charge in [0.2, 0.25) is 0 Å². The molecule has 1 aliphatic carbocycles. The Bertz CT molecular complexity index is 280. The maximum absolute atomic E-state index is 12.7. The first-order chi connectivity index (χ1) is 7.83. The van der Waals surface area contributed by atoms with Crippen LogP contribution in [0.1, 0.15) is 32.1 Å². The smallest absolute Gasteiger partial charge is 0.391 e. The second kappa shape index (κ2) is 5.25. The summed E-state index contributed by atoms with van der Waals surface area (Å²) in [5, 5.41) is 0. The van der Waals surface area contributed by atoms with E-state index in [1.165, 1.54) is 7.11 Å². The van der Waals surface area contributed by atoms with Gasteiger partial charge in [0, 0.05) is 0 Å². The number of ether oxygens (including phenoxy) is 1. The third-order valence-corrected chi connectivity index (χ3v) is 3.58. The van der Waals surface area contributed by atoms with Crippen molar-refractivity contribution in [3.63, 3.8) is 0 Å². The van der Waals surface area contributed by atoms with E-state index in [1.807, 2.05) is 0 Å². The zero-order valence-corrected chi connectivity index (χ0v) is 9.85. The van der Waals surface area contributed by atoms with E-state index in [4.69, 9.17) is 5.73 Å². The molecule has 3 nitrogen and oxygen atoms in total. The maximum atomic E-state index is 12.7. The average molecular weight is 253 g/mol. The average Bonchev–Trinajstić information content (AvgIpc) is 2.28. The van der Waals surface area contributed by atoms with Crippen LogP contribution in [-0.4, -0.2) is 25.8 Å². The van der Waals surface area contributed by atoms with Gasteiger partial charge in [-0.25, -0.2) is 0 Å². The van der Waals surface area contributed by atoms with Crippen LogP contribution < -0.4 is 5.73 Å². The Labute approximate surface area is 98.5 Å². The molecule has 2 N–H and O–H groups in total. The molecular weight excluding hydrogens is 235 g/mol. The van der Waals surface area contributed by atoms with Crippen LogP contribution in [0.15, 0.2) is 0 Å². The number of hydrogen-bond acceptors (Lipinski definition) is 3. The second-order valence-electron chi connectivity index (χ2n) is 4.79. The van der Waals surface area contributed by atoms with E-state index in [1.54, 1.807) is 0 Å². The number of rotatable bonds is 3. The quantitative estimate of drug-likeness (QED) is 0.785. The summed E-state index contributed by atoms with van der Waals surface area (Å²) in [6, 6.07) is 0. The lowest BCUT2D eigenvalue weighted by atomic mass is 9.67. The van der Waals surface area contributed by atoms with Crippen molar-refractivity contribution in [2.24, 2.45) is 17.1 Å². The summed E-state index contributed by atoms with van der Waals surface area (Å²) in [7, 11) is 1.23. The Kier molecular flexibility index (Phi) is 4.41. The molecule has 0 saturated heterocycles. The van der Waals surface area contributed by atoms with Crippen molar-refractivity contribution in [2.75, 3.05) is 13.7 Å². The summed E-state index contributed by atoms with van der Waals surface area (Å²) in [5.74, 6) is -1.83. The molecule has 6 heteroatoms. The van der Waals surface area contributed by atoms with Crippen LogP contribution in [0, 0.1) is 11.3 Å². The molecule has 1 saturated carbocycles. The zero-order valence-electron chi connectivity index (χ0n) is 9.85. The number of carbonyl (C=O) groups excluding carboxylic acids is 1. The Morgan fingerprint density at radius 3 is 2.65 bits per heavy atom. The Balaban J connectivity index is 2.75. The zero-order chi connectivity index (χ0) is 13.1. The van der Waals surface area contributed by atoms with Crippen molar-refractivity contribution in [3.8, 4) is 0 Å². The molecule has 0 aliphatic heterocycles. The van der Waals surface area contributed by atoms with E-state index in [0.29, 0.717) is 12.8 Å². The van der Waals surface area contributed by atoms with Gasteiger partial charge in [-0.05, 0) is 31.2 Å². The highest BCUT2D eigenvalue weighted by atomic mass is 19.4. The number of alkyl halides is 3. The first-order valence-corrected chi connectivity index (χ1v) is 5.66. The minimum absolute atomic E-state index is 0.0212. The molecule has 0 heterocycles. The summed E-state index contributed by atoms with van der Waals surface area (Å²) in [6.45, 7) is 0.0919. The molecule has 0 aromatic rings. The molecular formula is C11H18F3NO2. The van der Waals surface area contributed by atoms with E-state index in [-0.39, 0.29) is 25.8 Å². The van der Waals surface area contributed by atoms with Crippen LogP contribution in [0.5, 0.6) is 0 Å². The molecule has 2 atom stereocenters. The van der Waals surface area contributed by atoms with Crippen molar-refractivity contribution in [2.45, 2.75) is 38.3 Å². The van der Waals surface area contributed by atoms with Crippen molar-refractivity contribution in [3.05, 3.63) is 0 Å². The molecule has 17 heavy (non-hydrogen) atoms. The predicted molar refractivity (Wildman–Crippen MR) is 56.1 cm³/mol. The minimum Gasteiger partial charge on any atom is -0.469 e. The van der Waals surface area contributed by atoms with Gasteiger partial charge in [-0.1, -0.05) is 6.42 Å². The first kappa shape index (κ1) is 14.3. The predicted octanol–water partition coefficient (Wildman–Crippen LogP) is 2.25. The van der Waals surface area contributed by atoms with Gasteiger partial charge in [-0.2, -0.15) is 13.2 Å². The lowest BCUT2D eigenvalue weighted by molar-refractivity contribution is -0.193. The van der Waals surface area contributed by atoms with Crippen molar-refractivity contribution in [1.29, 1.82) is 0 Å². The molecule has 0 radical (unpaired) electrons. The van der Waals surface area contributed by atoms with Crippen molar-refractivity contribution < 1.29 is 22.7 Å². The summed E-state index contributed by atoms with van der Waals surface area (Å²) in [4.78, 5) is 11.2. The first-order valence-electron chi connectivity index (χ1n) is 5.66. The van der Waals surface area contributed by atoms with E-state index >= 15 is 0 Å². The molecule has 2 unspecified atom stereocenters. The Hall–Kier alpha value is -0.780.